The molecule has 2 N–H and O–H groups in total. The van der Waals surface area contributed by atoms with Crippen molar-refractivity contribution in [2.75, 3.05) is 5.73 Å². The highest BCUT2D eigenvalue weighted by Crippen LogP contribution is 2.32. The second kappa shape index (κ2) is 7.01. The number of anilines is 1. The van der Waals surface area contributed by atoms with Crippen LogP contribution in [0, 0.1) is 0 Å². The number of rotatable bonds is 5. The molecule has 0 aliphatic carbocycles. The SMILES string of the molecule is C=C(CCCc1ccccc1N)c1ccc(Br)c2ccccc12. The molecule has 3 aromatic carbocycles. The standard InChI is InChI=1S/C21H20BrN/c1-15(7-6-9-16-8-2-5-12-21(16)23)17-13-14-20(22)19-11-4-3-10-18(17)19/h2-5,8,10-14H,1,6-7,9,23H2. The zero-order valence-corrected chi connectivity index (χ0v) is 14.6. The molecule has 0 fully saturated rings. The summed E-state index contributed by atoms with van der Waals surface area (Å²) >= 11 is 3.63. The fraction of sp³-hybridized carbons (Fsp3) is 0.143. The van der Waals surface area contributed by atoms with Gasteiger partial charge in [-0.15, -0.1) is 0 Å². The summed E-state index contributed by atoms with van der Waals surface area (Å²) in [6, 6.07) is 20.8. The zero-order chi connectivity index (χ0) is 16.2. The predicted octanol–water partition coefficient (Wildman–Crippen LogP) is 6.22. The summed E-state index contributed by atoms with van der Waals surface area (Å²) in [6.45, 7) is 4.31. The van der Waals surface area contributed by atoms with E-state index in [1.807, 2.05) is 18.2 Å². The molecule has 0 unspecified atom stereocenters. The van der Waals surface area contributed by atoms with E-state index >= 15 is 0 Å². The highest BCUT2D eigenvalue weighted by Gasteiger charge is 2.07. The van der Waals surface area contributed by atoms with Gasteiger partial charge in [-0.25, -0.2) is 0 Å². The van der Waals surface area contributed by atoms with Crippen LogP contribution in [0.2, 0.25) is 0 Å². The van der Waals surface area contributed by atoms with Gasteiger partial charge in [0.15, 0.2) is 0 Å². The van der Waals surface area contributed by atoms with Crippen LogP contribution in [0.25, 0.3) is 16.3 Å². The van der Waals surface area contributed by atoms with Gasteiger partial charge in [0.2, 0.25) is 0 Å². The smallest absolute Gasteiger partial charge is 0.0346 e. The molecule has 0 aliphatic rings. The number of nitrogen functional groups attached to an aromatic ring is 1. The van der Waals surface area contributed by atoms with Crippen LogP contribution >= 0.6 is 15.9 Å². The van der Waals surface area contributed by atoms with Crippen LogP contribution in [0.4, 0.5) is 5.69 Å². The lowest BCUT2D eigenvalue weighted by Crippen LogP contribution is -1.95. The van der Waals surface area contributed by atoms with Crippen molar-refractivity contribution in [3.63, 3.8) is 0 Å². The van der Waals surface area contributed by atoms with Gasteiger partial charge >= 0.3 is 0 Å². The fourth-order valence-electron chi connectivity index (χ4n) is 2.96. The van der Waals surface area contributed by atoms with Crippen molar-refractivity contribution in [1.29, 1.82) is 0 Å². The Balaban J connectivity index is 1.74. The van der Waals surface area contributed by atoms with Crippen LogP contribution in [-0.2, 0) is 6.42 Å². The lowest BCUT2D eigenvalue weighted by atomic mass is 9.95. The molecule has 0 saturated carbocycles. The number of hydrogen-bond donors (Lipinski definition) is 1. The third kappa shape index (κ3) is 3.48. The Morgan fingerprint density at radius 2 is 1.61 bits per heavy atom. The molecule has 116 valence electrons. The minimum atomic E-state index is 0.882. The van der Waals surface area contributed by atoms with E-state index in [9.17, 15) is 0 Å². The fourth-order valence-corrected chi connectivity index (χ4v) is 3.44. The van der Waals surface area contributed by atoms with Crippen molar-refractivity contribution in [3.8, 4) is 0 Å². The topological polar surface area (TPSA) is 26.0 Å². The second-order valence-electron chi connectivity index (χ2n) is 5.80. The molecular weight excluding hydrogens is 346 g/mol. The number of para-hydroxylation sites is 1. The van der Waals surface area contributed by atoms with E-state index in [0.29, 0.717) is 0 Å². The van der Waals surface area contributed by atoms with Crippen LogP contribution in [0.1, 0.15) is 24.0 Å². The number of fused-ring (bicyclic) bond motifs is 1. The monoisotopic (exact) mass is 365 g/mol. The van der Waals surface area contributed by atoms with Gasteiger partial charge in [-0.2, -0.15) is 0 Å². The molecule has 0 heterocycles. The second-order valence-corrected chi connectivity index (χ2v) is 6.65. The first-order valence-corrected chi connectivity index (χ1v) is 8.65. The highest BCUT2D eigenvalue weighted by molar-refractivity contribution is 9.10. The molecule has 0 bridgehead atoms. The van der Waals surface area contributed by atoms with E-state index in [2.05, 4.69) is 65.0 Å². The first-order chi connectivity index (χ1) is 11.2. The first kappa shape index (κ1) is 15.8. The van der Waals surface area contributed by atoms with Crippen molar-refractivity contribution >= 4 is 38.0 Å². The zero-order valence-electron chi connectivity index (χ0n) is 13.1. The molecule has 3 aromatic rings. The van der Waals surface area contributed by atoms with Gasteiger partial charge in [0.1, 0.15) is 0 Å². The summed E-state index contributed by atoms with van der Waals surface area (Å²) in [6.07, 6.45) is 3.01. The quantitative estimate of drug-likeness (QED) is 0.533. The van der Waals surface area contributed by atoms with Crippen LogP contribution < -0.4 is 5.73 Å². The van der Waals surface area contributed by atoms with Crippen LogP contribution in [0.15, 0.2) is 71.7 Å². The molecule has 0 radical (unpaired) electrons. The summed E-state index contributed by atoms with van der Waals surface area (Å²) in [5, 5.41) is 2.49. The van der Waals surface area contributed by atoms with E-state index in [0.717, 1.165) is 29.4 Å². The Labute approximate surface area is 146 Å². The number of allylic oxidation sites excluding steroid dienone is 1. The molecule has 2 heteroatoms. The molecule has 0 aromatic heterocycles. The maximum absolute atomic E-state index is 6.01. The van der Waals surface area contributed by atoms with Gasteiger partial charge < -0.3 is 5.73 Å². The van der Waals surface area contributed by atoms with E-state index in [1.54, 1.807) is 0 Å². The lowest BCUT2D eigenvalue weighted by molar-refractivity contribution is 0.856. The summed E-state index contributed by atoms with van der Waals surface area (Å²) in [5.41, 5.74) is 10.5. The van der Waals surface area contributed by atoms with E-state index < -0.39 is 0 Å². The Hall–Kier alpha value is -2.06. The number of nitrogens with two attached hydrogens (primary N) is 1. The van der Waals surface area contributed by atoms with Crippen molar-refractivity contribution in [1.82, 2.24) is 0 Å². The summed E-state index contributed by atoms with van der Waals surface area (Å²) in [5.74, 6) is 0. The number of benzene rings is 3. The van der Waals surface area contributed by atoms with Gasteiger partial charge in [0, 0.05) is 10.2 Å². The minimum absolute atomic E-state index is 0.882. The molecular formula is C21H20BrN. The van der Waals surface area contributed by atoms with Crippen molar-refractivity contribution < 1.29 is 0 Å². The molecule has 3 rings (SSSR count). The molecule has 0 spiro atoms. The molecule has 0 saturated heterocycles. The summed E-state index contributed by atoms with van der Waals surface area (Å²) in [4.78, 5) is 0. The van der Waals surface area contributed by atoms with Gasteiger partial charge in [-0.05, 0) is 58.9 Å². The third-order valence-electron chi connectivity index (χ3n) is 4.23. The third-order valence-corrected chi connectivity index (χ3v) is 4.92. The van der Waals surface area contributed by atoms with Crippen LogP contribution in [0.5, 0.6) is 0 Å². The summed E-state index contributed by atoms with van der Waals surface area (Å²) in [7, 11) is 0. The normalized spacial score (nSPS) is 10.8. The highest BCUT2D eigenvalue weighted by atomic mass is 79.9. The maximum atomic E-state index is 6.01. The van der Waals surface area contributed by atoms with E-state index in [-0.39, 0.29) is 0 Å². The Morgan fingerprint density at radius 1 is 0.913 bits per heavy atom. The Morgan fingerprint density at radius 3 is 2.39 bits per heavy atom. The van der Waals surface area contributed by atoms with Crippen molar-refractivity contribution in [2.45, 2.75) is 19.3 Å². The summed E-state index contributed by atoms with van der Waals surface area (Å²) < 4.78 is 1.13. The number of halogens is 1. The number of aryl methyl sites for hydroxylation is 1. The lowest BCUT2D eigenvalue weighted by Gasteiger charge is -2.11. The van der Waals surface area contributed by atoms with Gasteiger partial charge in [-0.1, -0.05) is 71.0 Å². The largest absolute Gasteiger partial charge is 0.399 e. The van der Waals surface area contributed by atoms with E-state index in [4.69, 9.17) is 5.73 Å². The average Bonchev–Trinajstić information content (AvgIpc) is 2.57. The molecule has 23 heavy (non-hydrogen) atoms. The molecule has 0 amide bonds. The van der Waals surface area contributed by atoms with E-state index in [1.165, 1.54) is 27.5 Å². The van der Waals surface area contributed by atoms with Crippen LogP contribution in [0.3, 0.4) is 0 Å². The predicted molar refractivity (Wildman–Crippen MR) is 104 cm³/mol. The van der Waals surface area contributed by atoms with Crippen molar-refractivity contribution in [2.24, 2.45) is 0 Å². The van der Waals surface area contributed by atoms with Gasteiger partial charge in [0.05, 0.1) is 0 Å². The van der Waals surface area contributed by atoms with Crippen LogP contribution in [-0.4, -0.2) is 0 Å². The Bertz CT molecular complexity index is 851. The maximum Gasteiger partial charge on any atom is 0.0346 e. The average molecular weight is 366 g/mol. The van der Waals surface area contributed by atoms with Gasteiger partial charge in [-0.3, -0.25) is 0 Å². The molecule has 0 atom stereocenters. The molecule has 0 aliphatic heterocycles. The van der Waals surface area contributed by atoms with Gasteiger partial charge in [0.25, 0.3) is 0 Å². The number of hydrogen-bond acceptors (Lipinski definition) is 1. The van der Waals surface area contributed by atoms with Crippen molar-refractivity contribution in [3.05, 3.63) is 82.8 Å². The minimum Gasteiger partial charge on any atom is -0.399 e. The Kier molecular flexibility index (Phi) is 4.82. The molecule has 1 nitrogen and oxygen atoms in total. The first-order valence-electron chi connectivity index (χ1n) is 7.85.